The Morgan fingerprint density at radius 2 is 2.00 bits per heavy atom. The number of benzene rings is 1. The molecule has 0 aromatic heterocycles. The van der Waals surface area contributed by atoms with Crippen molar-refractivity contribution in [1.29, 1.82) is 0 Å². The molecule has 0 bridgehead atoms. The molecule has 7 heteroatoms. The zero-order valence-electron chi connectivity index (χ0n) is 11.4. The fourth-order valence-electron chi connectivity index (χ4n) is 2.18. The Morgan fingerprint density at radius 1 is 1.40 bits per heavy atom. The predicted octanol–water partition coefficient (Wildman–Crippen LogP) is 2.78. The lowest BCUT2D eigenvalue weighted by Crippen LogP contribution is -2.27. The van der Waals surface area contributed by atoms with Crippen LogP contribution in [0.3, 0.4) is 0 Å². The molecule has 1 aromatic carbocycles. The minimum atomic E-state index is -3.64. The van der Waals surface area contributed by atoms with Crippen molar-refractivity contribution < 1.29 is 8.42 Å². The van der Waals surface area contributed by atoms with Crippen LogP contribution in [-0.4, -0.2) is 15.0 Å². The monoisotopic (exact) mass is 336 g/mol. The van der Waals surface area contributed by atoms with Crippen LogP contribution in [0.5, 0.6) is 0 Å². The summed E-state index contributed by atoms with van der Waals surface area (Å²) in [6.07, 6.45) is 1.03. The van der Waals surface area contributed by atoms with Gasteiger partial charge in [-0.15, -0.1) is 0 Å². The van der Waals surface area contributed by atoms with Crippen molar-refractivity contribution in [3.8, 4) is 0 Å². The average Bonchev–Trinajstić information content (AvgIpc) is 2.95. The third-order valence-electron chi connectivity index (χ3n) is 3.88. The molecule has 1 saturated carbocycles. The van der Waals surface area contributed by atoms with Gasteiger partial charge in [0.25, 0.3) is 0 Å². The van der Waals surface area contributed by atoms with Gasteiger partial charge in [0.15, 0.2) is 0 Å². The molecule has 20 heavy (non-hydrogen) atoms. The fourth-order valence-corrected chi connectivity index (χ4v) is 4.20. The standard InChI is InChI=1S/C13H18Cl2N2O2S/c1-13(2)5-8(13)7-17-20(18,19)11-4-3-10(14)9(6-16)12(11)15/h3-4,8,17H,5-7,16H2,1-2H3. The summed E-state index contributed by atoms with van der Waals surface area (Å²) in [6.45, 7) is 4.75. The second kappa shape index (κ2) is 5.46. The number of halogens is 2. The van der Waals surface area contributed by atoms with Gasteiger partial charge < -0.3 is 5.73 Å². The van der Waals surface area contributed by atoms with Crippen molar-refractivity contribution in [3.63, 3.8) is 0 Å². The van der Waals surface area contributed by atoms with E-state index in [4.69, 9.17) is 28.9 Å². The van der Waals surface area contributed by atoms with Gasteiger partial charge in [-0.25, -0.2) is 13.1 Å². The molecular formula is C13H18Cl2N2O2S. The van der Waals surface area contributed by atoms with Crippen LogP contribution in [0.15, 0.2) is 17.0 Å². The number of sulfonamides is 1. The minimum Gasteiger partial charge on any atom is -0.326 e. The van der Waals surface area contributed by atoms with Gasteiger partial charge in [-0.3, -0.25) is 0 Å². The third kappa shape index (κ3) is 3.12. The molecule has 0 saturated heterocycles. The van der Waals surface area contributed by atoms with Gasteiger partial charge in [0, 0.05) is 23.7 Å². The highest BCUT2D eigenvalue weighted by atomic mass is 35.5. The van der Waals surface area contributed by atoms with Crippen LogP contribution in [0.4, 0.5) is 0 Å². The largest absolute Gasteiger partial charge is 0.326 e. The lowest BCUT2D eigenvalue weighted by atomic mass is 10.1. The van der Waals surface area contributed by atoms with Gasteiger partial charge in [0.1, 0.15) is 4.90 Å². The quantitative estimate of drug-likeness (QED) is 0.868. The average molecular weight is 337 g/mol. The Hall–Kier alpha value is -0.330. The lowest BCUT2D eigenvalue weighted by Gasteiger charge is -2.12. The van der Waals surface area contributed by atoms with Crippen LogP contribution < -0.4 is 10.5 Å². The van der Waals surface area contributed by atoms with Gasteiger partial charge in [0.05, 0.1) is 5.02 Å². The van der Waals surface area contributed by atoms with Gasteiger partial charge in [-0.1, -0.05) is 37.0 Å². The summed E-state index contributed by atoms with van der Waals surface area (Å²) >= 11 is 12.0. The van der Waals surface area contributed by atoms with Crippen LogP contribution in [-0.2, 0) is 16.6 Å². The second-order valence-electron chi connectivity index (χ2n) is 5.78. The highest BCUT2D eigenvalue weighted by Crippen LogP contribution is 2.51. The lowest BCUT2D eigenvalue weighted by molar-refractivity contribution is 0.537. The van der Waals surface area contributed by atoms with E-state index in [9.17, 15) is 8.42 Å². The molecule has 4 nitrogen and oxygen atoms in total. The minimum absolute atomic E-state index is 0.0301. The summed E-state index contributed by atoms with van der Waals surface area (Å²) in [6, 6.07) is 2.91. The van der Waals surface area contributed by atoms with Gasteiger partial charge in [-0.05, 0) is 29.9 Å². The van der Waals surface area contributed by atoms with Crippen LogP contribution in [0, 0.1) is 11.3 Å². The van der Waals surface area contributed by atoms with E-state index in [1.807, 2.05) is 0 Å². The molecule has 0 heterocycles. The molecule has 1 fully saturated rings. The zero-order valence-corrected chi connectivity index (χ0v) is 13.7. The highest BCUT2D eigenvalue weighted by molar-refractivity contribution is 7.89. The number of nitrogens with two attached hydrogens (primary N) is 1. The van der Waals surface area contributed by atoms with E-state index in [0.717, 1.165) is 6.42 Å². The smallest absolute Gasteiger partial charge is 0.242 e. The molecule has 1 aliphatic rings. The van der Waals surface area contributed by atoms with E-state index < -0.39 is 10.0 Å². The number of hydrogen-bond acceptors (Lipinski definition) is 3. The molecule has 1 aliphatic carbocycles. The summed E-state index contributed by atoms with van der Waals surface area (Å²) in [5, 5.41) is 0.474. The van der Waals surface area contributed by atoms with Crippen molar-refractivity contribution in [2.75, 3.05) is 6.54 Å². The first-order valence-electron chi connectivity index (χ1n) is 6.35. The van der Waals surface area contributed by atoms with Gasteiger partial charge in [0.2, 0.25) is 10.0 Å². The summed E-state index contributed by atoms with van der Waals surface area (Å²) in [5.74, 6) is 0.373. The van der Waals surface area contributed by atoms with E-state index in [0.29, 0.717) is 23.0 Å². The number of rotatable bonds is 5. The second-order valence-corrected chi connectivity index (χ2v) is 8.30. The maximum Gasteiger partial charge on any atom is 0.242 e. The Morgan fingerprint density at radius 3 is 2.50 bits per heavy atom. The Labute approximate surface area is 129 Å². The van der Waals surface area contributed by atoms with Crippen molar-refractivity contribution in [1.82, 2.24) is 4.72 Å². The van der Waals surface area contributed by atoms with E-state index >= 15 is 0 Å². The molecule has 0 aliphatic heterocycles. The molecule has 112 valence electrons. The Kier molecular flexibility index (Phi) is 4.38. The van der Waals surface area contributed by atoms with Gasteiger partial charge in [-0.2, -0.15) is 0 Å². The summed E-state index contributed by atoms with van der Waals surface area (Å²) in [4.78, 5) is 0.0301. The third-order valence-corrected chi connectivity index (χ3v) is 6.25. The van der Waals surface area contributed by atoms with Crippen LogP contribution >= 0.6 is 23.2 Å². The van der Waals surface area contributed by atoms with Crippen LogP contribution in [0.25, 0.3) is 0 Å². The van der Waals surface area contributed by atoms with Crippen molar-refractivity contribution in [2.24, 2.45) is 17.1 Å². The molecule has 0 amide bonds. The van der Waals surface area contributed by atoms with Crippen LogP contribution in [0.2, 0.25) is 10.0 Å². The molecule has 1 aromatic rings. The zero-order chi connectivity index (χ0) is 15.1. The first-order chi connectivity index (χ1) is 9.19. The molecule has 2 rings (SSSR count). The summed E-state index contributed by atoms with van der Waals surface area (Å²) < 4.78 is 27.2. The van der Waals surface area contributed by atoms with E-state index in [1.165, 1.54) is 12.1 Å². The van der Waals surface area contributed by atoms with Crippen LogP contribution in [0.1, 0.15) is 25.8 Å². The molecule has 1 unspecified atom stereocenters. The maximum atomic E-state index is 12.3. The summed E-state index contributed by atoms with van der Waals surface area (Å²) in [5.41, 5.74) is 6.21. The van der Waals surface area contributed by atoms with E-state index in [-0.39, 0.29) is 21.9 Å². The molecule has 1 atom stereocenters. The Bertz CT molecular complexity index is 630. The summed E-state index contributed by atoms with van der Waals surface area (Å²) in [7, 11) is -3.64. The van der Waals surface area contributed by atoms with E-state index in [2.05, 4.69) is 18.6 Å². The van der Waals surface area contributed by atoms with E-state index in [1.54, 1.807) is 0 Å². The number of nitrogens with one attached hydrogen (secondary N) is 1. The Balaban J connectivity index is 2.22. The van der Waals surface area contributed by atoms with Crippen molar-refractivity contribution in [3.05, 3.63) is 27.7 Å². The number of hydrogen-bond donors (Lipinski definition) is 2. The highest BCUT2D eigenvalue weighted by Gasteiger charge is 2.45. The van der Waals surface area contributed by atoms with Gasteiger partial charge >= 0.3 is 0 Å². The topological polar surface area (TPSA) is 72.2 Å². The normalized spacial score (nSPS) is 20.9. The first kappa shape index (κ1) is 16.0. The molecule has 3 N–H and O–H groups in total. The molecular weight excluding hydrogens is 319 g/mol. The van der Waals surface area contributed by atoms with Crippen molar-refractivity contribution in [2.45, 2.75) is 31.7 Å². The predicted molar refractivity (Wildman–Crippen MR) is 81.4 cm³/mol. The fraction of sp³-hybridized carbons (Fsp3) is 0.538. The SMILES string of the molecule is CC1(C)CC1CNS(=O)(=O)c1ccc(Cl)c(CN)c1Cl. The maximum absolute atomic E-state index is 12.3. The molecule has 0 radical (unpaired) electrons. The first-order valence-corrected chi connectivity index (χ1v) is 8.59. The molecule has 0 spiro atoms. The van der Waals surface area contributed by atoms with Crippen molar-refractivity contribution >= 4 is 33.2 Å².